The van der Waals surface area contributed by atoms with Gasteiger partial charge in [-0.1, -0.05) is 57.5 Å². The molecule has 6 heteroatoms. The van der Waals surface area contributed by atoms with Crippen LogP contribution in [0.2, 0.25) is 0 Å². The molecule has 1 aromatic rings. The standard InChI is InChI=1S/C21H29NO5/c1-5-11-21(3,4)13-16(12-17(23)24)19(25)22-14(2)18(27-20(22)26)15-9-7-6-8-10-15/h6-10,14,16,18H,5,11-13H2,1-4H3,(H,23,24). The minimum atomic E-state index is -1.04. The second kappa shape index (κ2) is 8.55. The predicted molar refractivity (Wildman–Crippen MR) is 101 cm³/mol. The predicted octanol–water partition coefficient (Wildman–Crippen LogP) is 4.40. The van der Waals surface area contributed by atoms with Crippen molar-refractivity contribution in [3.05, 3.63) is 35.9 Å². The van der Waals surface area contributed by atoms with E-state index in [2.05, 4.69) is 6.92 Å². The molecule has 3 atom stereocenters. The van der Waals surface area contributed by atoms with E-state index in [4.69, 9.17) is 4.74 Å². The quantitative estimate of drug-likeness (QED) is 0.728. The van der Waals surface area contributed by atoms with Crippen LogP contribution in [-0.2, 0) is 14.3 Å². The third-order valence-electron chi connectivity index (χ3n) is 5.13. The SMILES string of the molecule is CCCC(C)(C)CC(CC(=O)O)C(=O)N1C(=O)OC(c2ccccc2)C1C. The summed E-state index contributed by atoms with van der Waals surface area (Å²) >= 11 is 0. The lowest BCUT2D eigenvalue weighted by atomic mass is 9.77. The molecule has 1 aromatic carbocycles. The van der Waals surface area contributed by atoms with Gasteiger partial charge in [0.05, 0.1) is 12.5 Å². The normalized spacial score (nSPS) is 21.0. The molecule has 1 aliphatic rings. The molecule has 0 bridgehead atoms. The van der Waals surface area contributed by atoms with Gasteiger partial charge in [0.25, 0.3) is 0 Å². The van der Waals surface area contributed by atoms with Crippen LogP contribution in [0.4, 0.5) is 4.79 Å². The molecular formula is C21H29NO5. The van der Waals surface area contributed by atoms with E-state index in [-0.39, 0.29) is 11.8 Å². The van der Waals surface area contributed by atoms with Crippen molar-refractivity contribution in [1.82, 2.24) is 4.90 Å². The zero-order chi connectivity index (χ0) is 20.2. The number of benzene rings is 1. The molecule has 1 N–H and O–H groups in total. The van der Waals surface area contributed by atoms with Crippen LogP contribution >= 0.6 is 0 Å². The molecule has 148 valence electrons. The van der Waals surface area contributed by atoms with Gasteiger partial charge in [-0.15, -0.1) is 0 Å². The molecular weight excluding hydrogens is 346 g/mol. The van der Waals surface area contributed by atoms with Gasteiger partial charge in [0, 0.05) is 5.92 Å². The molecule has 6 nitrogen and oxygen atoms in total. The van der Waals surface area contributed by atoms with E-state index in [0.717, 1.165) is 23.3 Å². The highest BCUT2D eigenvalue weighted by atomic mass is 16.6. The summed E-state index contributed by atoms with van der Waals surface area (Å²) in [6.45, 7) is 7.86. The van der Waals surface area contributed by atoms with Crippen LogP contribution in [0.5, 0.6) is 0 Å². The lowest BCUT2D eigenvalue weighted by Gasteiger charge is -2.30. The summed E-state index contributed by atoms with van der Waals surface area (Å²) in [5, 5.41) is 9.28. The van der Waals surface area contributed by atoms with Gasteiger partial charge in [0.1, 0.15) is 6.10 Å². The van der Waals surface area contributed by atoms with Crippen LogP contribution in [-0.4, -0.2) is 34.0 Å². The highest BCUT2D eigenvalue weighted by Crippen LogP contribution is 2.37. The number of rotatable bonds is 8. The molecule has 27 heavy (non-hydrogen) atoms. The van der Waals surface area contributed by atoms with Gasteiger partial charge < -0.3 is 9.84 Å². The van der Waals surface area contributed by atoms with Crippen molar-refractivity contribution in [2.75, 3.05) is 0 Å². The Hall–Kier alpha value is -2.37. The molecule has 1 saturated heterocycles. The second-order valence-electron chi connectivity index (χ2n) is 8.08. The van der Waals surface area contributed by atoms with E-state index < -0.39 is 36.0 Å². The molecule has 1 heterocycles. The number of ether oxygens (including phenoxy) is 1. The smallest absolute Gasteiger partial charge is 0.417 e. The molecule has 0 aromatic heterocycles. The average molecular weight is 375 g/mol. The highest BCUT2D eigenvalue weighted by molar-refractivity contribution is 5.96. The second-order valence-corrected chi connectivity index (χ2v) is 8.08. The van der Waals surface area contributed by atoms with Crippen molar-refractivity contribution in [2.45, 2.75) is 65.5 Å². The first kappa shape index (κ1) is 20.9. The Morgan fingerprint density at radius 1 is 1.26 bits per heavy atom. The Bertz CT molecular complexity index is 685. The van der Waals surface area contributed by atoms with Crippen LogP contribution in [0.1, 0.15) is 65.0 Å². The van der Waals surface area contributed by atoms with Crippen LogP contribution in [0.15, 0.2) is 30.3 Å². The maximum atomic E-state index is 13.1. The third-order valence-corrected chi connectivity index (χ3v) is 5.13. The third kappa shape index (κ3) is 5.08. The van der Waals surface area contributed by atoms with Crippen LogP contribution < -0.4 is 0 Å². The maximum absolute atomic E-state index is 13.1. The van der Waals surface area contributed by atoms with E-state index in [9.17, 15) is 19.5 Å². The molecule has 1 aliphatic heterocycles. The van der Waals surface area contributed by atoms with Gasteiger partial charge in [0.15, 0.2) is 0 Å². The Kier molecular flexibility index (Phi) is 6.63. The molecule has 3 unspecified atom stereocenters. The number of carbonyl (C=O) groups excluding carboxylic acids is 2. The molecule has 1 fully saturated rings. The number of carbonyl (C=O) groups is 3. The highest BCUT2D eigenvalue weighted by Gasteiger charge is 2.46. The van der Waals surface area contributed by atoms with E-state index in [0.29, 0.717) is 6.42 Å². The molecule has 2 rings (SSSR count). The Balaban J connectivity index is 2.23. The molecule has 2 amide bonds. The summed E-state index contributed by atoms with van der Waals surface area (Å²) < 4.78 is 5.44. The monoisotopic (exact) mass is 375 g/mol. The van der Waals surface area contributed by atoms with Gasteiger partial charge in [-0.2, -0.15) is 0 Å². The van der Waals surface area contributed by atoms with Crippen LogP contribution in [0.25, 0.3) is 0 Å². The number of hydrogen-bond donors (Lipinski definition) is 1. The van der Waals surface area contributed by atoms with Gasteiger partial charge in [0.2, 0.25) is 5.91 Å². The molecule has 0 aliphatic carbocycles. The summed E-state index contributed by atoms with van der Waals surface area (Å²) in [5.41, 5.74) is 0.630. The Morgan fingerprint density at radius 3 is 2.44 bits per heavy atom. The number of amides is 2. The number of nitrogens with zero attached hydrogens (tertiary/aromatic N) is 1. The summed E-state index contributed by atoms with van der Waals surface area (Å²) in [6.07, 6.45) is 0.695. The Labute approximate surface area is 160 Å². The van der Waals surface area contributed by atoms with E-state index in [1.165, 1.54) is 0 Å². The fourth-order valence-electron chi connectivity index (χ4n) is 3.95. The van der Waals surface area contributed by atoms with Crippen molar-refractivity contribution in [3.63, 3.8) is 0 Å². The van der Waals surface area contributed by atoms with E-state index in [1.807, 2.05) is 44.2 Å². The minimum absolute atomic E-state index is 0.184. The van der Waals surface area contributed by atoms with Gasteiger partial charge in [-0.05, 0) is 30.7 Å². The fraction of sp³-hybridized carbons (Fsp3) is 0.571. The number of carboxylic acids is 1. The number of carboxylic acid groups (broad SMARTS) is 1. The van der Waals surface area contributed by atoms with Crippen molar-refractivity contribution in [3.8, 4) is 0 Å². The van der Waals surface area contributed by atoms with Crippen molar-refractivity contribution in [2.24, 2.45) is 11.3 Å². The maximum Gasteiger partial charge on any atom is 0.417 e. The zero-order valence-corrected chi connectivity index (χ0v) is 16.5. The summed E-state index contributed by atoms with van der Waals surface area (Å²) in [7, 11) is 0. The largest absolute Gasteiger partial charge is 0.481 e. The lowest BCUT2D eigenvalue weighted by Crippen LogP contribution is -2.43. The average Bonchev–Trinajstić information content (AvgIpc) is 2.88. The summed E-state index contributed by atoms with van der Waals surface area (Å²) in [5.74, 6) is -2.26. The molecule has 0 saturated carbocycles. The zero-order valence-electron chi connectivity index (χ0n) is 16.5. The van der Waals surface area contributed by atoms with E-state index in [1.54, 1.807) is 6.92 Å². The van der Waals surface area contributed by atoms with Crippen molar-refractivity contribution < 1.29 is 24.2 Å². The van der Waals surface area contributed by atoms with Crippen molar-refractivity contribution in [1.29, 1.82) is 0 Å². The lowest BCUT2D eigenvalue weighted by molar-refractivity contribution is -0.144. The number of cyclic esters (lactones) is 1. The fourth-order valence-corrected chi connectivity index (χ4v) is 3.95. The van der Waals surface area contributed by atoms with Crippen LogP contribution in [0.3, 0.4) is 0 Å². The Morgan fingerprint density at radius 2 is 1.89 bits per heavy atom. The minimum Gasteiger partial charge on any atom is -0.481 e. The number of imide groups is 1. The molecule has 0 spiro atoms. The van der Waals surface area contributed by atoms with Gasteiger partial charge in [-0.25, -0.2) is 9.69 Å². The number of aliphatic carboxylic acids is 1. The summed E-state index contributed by atoms with van der Waals surface area (Å²) in [6, 6.07) is 8.77. The molecule has 0 radical (unpaired) electrons. The van der Waals surface area contributed by atoms with Gasteiger partial charge >= 0.3 is 12.1 Å². The van der Waals surface area contributed by atoms with Crippen LogP contribution in [0, 0.1) is 11.3 Å². The first-order valence-corrected chi connectivity index (χ1v) is 9.46. The topological polar surface area (TPSA) is 83.9 Å². The van der Waals surface area contributed by atoms with Crippen molar-refractivity contribution >= 4 is 18.0 Å². The first-order chi connectivity index (χ1) is 12.7. The summed E-state index contributed by atoms with van der Waals surface area (Å²) in [4.78, 5) is 38.0. The first-order valence-electron chi connectivity index (χ1n) is 9.46. The van der Waals surface area contributed by atoms with E-state index >= 15 is 0 Å². The van der Waals surface area contributed by atoms with Gasteiger partial charge in [-0.3, -0.25) is 9.59 Å². The number of hydrogen-bond acceptors (Lipinski definition) is 4.